The van der Waals surface area contributed by atoms with Gasteiger partial charge in [0.25, 0.3) is 0 Å². The van der Waals surface area contributed by atoms with Gasteiger partial charge in [-0.2, -0.15) is 0 Å². The standard InChI is InChI=1S/C27H32N2O3PS/c1-3-31-33(30,32-4-2)20-10-17-29-25-13-8-9-14-26(25)34-27(29)21-23-15-18-28(19-16-23)22-24-11-6-5-7-12-24/h5-9,11-16,18-19,21H,3-4,10,17,20,22H2,1-2H3/q+1. The highest BCUT2D eigenvalue weighted by Crippen LogP contribution is 2.50. The maximum atomic E-state index is 12.9. The minimum atomic E-state index is -3.04. The summed E-state index contributed by atoms with van der Waals surface area (Å²) in [7, 11) is -3.04. The molecule has 34 heavy (non-hydrogen) atoms. The van der Waals surface area contributed by atoms with Crippen LogP contribution in [0.5, 0.6) is 0 Å². The summed E-state index contributed by atoms with van der Waals surface area (Å²) >= 11 is 1.77. The molecular weight excluding hydrogens is 463 g/mol. The SMILES string of the molecule is CCOP(=O)(CCCN1C(=Cc2cc[n+](Cc3ccccc3)cc2)Sc2ccccc21)OCC. The van der Waals surface area contributed by atoms with Crippen LogP contribution in [0.4, 0.5) is 5.69 Å². The highest BCUT2D eigenvalue weighted by atomic mass is 32.2. The topological polar surface area (TPSA) is 42.7 Å². The van der Waals surface area contributed by atoms with Crippen LogP contribution in [0.25, 0.3) is 6.08 Å². The molecule has 4 rings (SSSR count). The Morgan fingerprint density at radius 3 is 2.32 bits per heavy atom. The van der Waals surface area contributed by atoms with Crippen molar-refractivity contribution in [3.05, 3.63) is 95.3 Å². The van der Waals surface area contributed by atoms with Crippen LogP contribution in [0, 0.1) is 0 Å². The molecule has 0 unspecified atom stereocenters. The summed E-state index contributed by atoms with van der Waals surface area (Å²) in [5.41, 5.74) is 3.62. The van der Waals surface area contributed by atoms with Gasteiger partial charge >= 0.3 is 7.60 Å². The van der Waals surface area contributed by atoms with E-state index in [1.807, 2.05) is 19.9 Å². The average Bonchev–Trinajstić information content (AvgIpc) is 3.18. The van der Waals surface area contributed by atoms with Gasteiger partial charge in [-0.3, -0.25) is 4.57 Å². The first-order chi connectivity index (χ1) is 16.6. The third-order valence-corrected chi connectivity index (χ3v) is 8.80. The lowest BCUT2D eigenvalue weighted by Crippen LogP contribution is -2.33. The number of benzene rings is 2. The fourth-order valence-corrected chi connectivity index (χ4v) is 6.78. The molecular formula is C27H32N2O3PS+. The molecule has 178 valence electrons. The lowest BCUT2D eigenvalue weighted by atomic mass is 10.2. The highest BCUT2D eigenvalue weighted by molar-refractivity contribution is 8.03. The quantitative estimate of drug-likeness (QED) is 0.222. The number of pyridine rings is 1. The van der Waals surface area contributed by atoms with E-state index < -0.39 is 7.60 Å². The second-order valence-electron chi connectivity index (χ2n) is 8.02. The van der Waals surface area contributed by atoms with Crippen molar-refractivity contribution in [1.29, 1.82) is 0 Å². The summed E-state index contributed by atoms with van der Waals surface area (Å²) in [6.07, 6.45) is 7.60. The fraction of sp³-hybridized carbons (Fsp3) is 0.296. The second kappa shape index (κ2) is 11.9. The molecule has 0 radical (unpaired) electrons. The first-order valence-corrected chi connectivity index (χ1v) is 14.3. The van der Waals surface area contributed by atoms with E-state index in [9.17, 15) is 4.57 Å². The van der Waals surface area contributed by atoms with Crippen molar-refractivity contribution in [3.63, 3.8) is 0 Å². The number of fused-ring (bicyclic) bond motifs is 1. The van der Waals surface area contributed by atoms with E-state index in [2.05, 4.69) is 88.6 Å². The number of hydrogen-bond acceptors (Lipinski definition) is 5. The molecule has 1 aliphatic rings. The molecule has 1 aliphatic heterocycles. The Labute approximate surface area is 207 Å². The van der Waals surface area contributed by atoms with Crippen LogP contribution in [0.2, 0.25) is 0 Å². The van der Waals surface area contributed by atoms with Gasteiger partial charge in [0.2, 0.25) is 0 Å². The van der Waals surface area contributed by atoms with Crippen molar-refractivity contribution in [2.75, 3.05) is 30.8 Å². The summed E-state index contributed by atoms with van der Waals surface area (Å²) in [5.74, 6) is 0. The number of rotatable bonds is 11. The Morgan fingerprint density at radius 1 is 0.941 bits per heavy atom. The number of nitrogens with zero attached hydrogens (tertiary/aromatic N) is 2. The van der Waals surface area contributed by atoms with Crippen LogP contribution in [-0.2, 0) is 20.2 Å². The van der Waals surface area contributed by atoms with Gasteiger partial charge in [0, 0.05) is 29.1 Å². The first kappa shape index (κ1) is 24.7. The van der Waals surface area contributed by atoms with Gasteiger partial charge in [-0.1, -0.05) is 54.2 Å². The molecule has 0 fully saturated rings. The first-order valence-electron chi connectivity index (χ1n) is 11.8. The fourth-order valence-electron chi connectivity index (χ4n) is 3.98. The van der Waals surface area contributed by atoms with E-state index in [0.717, 1.165) is 25.1 Å². The van der Waals surface area contributed by atoms with Crippen molar-refractivity contribution in [3.8, 4) is 0 Å². The van der Waals surface area contributed by atoms with E-state index >= 15 is 0 Å². The van der Waals surface area contributed by atoms with Gasteiger partial charge in [0.05, 0.1) is 30.1 Å². The second-order valence-corrected chi connectivity index (χ2v) is 11.3. The van der Waals surface area contributed by atoms with Crippen molar-refractivity contribution in [2.45, 2.75) is 31.7 Å². The number of hydrogen-bond donors (Lipinski definition) is 0. The molecule has 2 aromatic carbocycles. The van der Waals surface area contributed by atoms with Gasteiger partial charge in [0.1, 0.15) is 0 Å². The Morgan fingerprint density at radius 2 is 1.62 bits per heavy atom. The molecule has 5 nitrogen and oxygen atoms in total. The summed E-state index contributed by atoms with van der Waals surface area (Å²) in [4.78, 5) is 3.55. The summed E-state index contributed by atoms with van der Waals surface area (Å²) < 4.78 is 26.0. The molecule has 3 aromatic rings. The molecule has 0 aliphatic carbocycles. The Kier molecular flexibility index (Phi) is 8.63. The summed E-state index contributed by atoms with van der Waals surface area (Å²) in [6.45, 7) is 6.09. The van der Waals surface area contributed by atoms with Crippen LogP contribution in [0.1, 0.15) is 31.4 Å². The normalized spacial score (nSPS) is 14.5. The predicted octanol–water partition coefficient (Wildman–Crippen LogP) is 6.59. The van der Waals surface area contributed by atoms with E-state index in [1.165, 1.54) is 21.2 Å². The zero-order valence-electron chi connectivity index (χ0n) is 19.8. The van der Waals surface area contributed by atoms with E-state index in [4.69, 9.17) is 9.05 Å². The van der Waals surface area contributed by atoms with Gasteiger partial charge in [-0.25, -0.2) is 4.57 Å². The van der Waals surface area contributed by atoms with Gasteiger partial charge in [-0.05, 0) is 44.0 Å². The molecule has 2 heterocycles. The average molecular weight is 496 g/mol. The third-order valence-electron chi connectivity index (χ3n) is 5.52. The van der Waals surface area contributed by atoms with Crippen molar-refractivity contribution >= 4 is 31.1 Å². The maximum Gasteiger partial charge on any atom is 0.330 e. The van der Waals surface area contributed by atoms with Crippen LogP contribution in [0.3, 0.4) is 0 Å². The van der Waals surface area contributed by atoms with Crippen molar-refractivity contribution in [1.82, 2.24) is 0 Å². The van der Waals surface area contributed by atoms with Crippen LogP contribution < -0.4 is 9.47 Å². The third kappa shape index (κ3) is 6.39. The summed E-state index contributed by atoms with van der Waals surface area (Å²) in [5, 5.41) is 1.17. The van der Waals surface area contributed by atoms with Crippen LogP contribution in [0.15, 0.2) is 89.0 Å². The molecule has 0 saturated carbocycles. The largest absolute Gasteiger partial charge is 0.335 e. The lowest BCUT2D eigenvalue weighted by molar-refractivity contribution is -0.688. The van der Waals surface area contributed by atoms with Gasteiger partial charge < -0.3 is 13.9 Å². The lowest BCUT2D eigenvalue weighted by Gasteiger charge is -2.22. The number of para-hydroxylation sites is 1. The van der Waals surface area contributed by atoms with Crippen LogP contribution >= 0.6 is 19.4 Å². The van der Waals surface area contributed by atoms with Crippen LogP contribution in [-0.4, -0.2) is 25.9 Å². The minimum Gasteiger partial charge on any atom is -0.335 e. The molecule has 0 N–H and O–H groups in total. The van der Waals surface area contributed by atoms with E-state index in [-0.39, 0.29) is 0 Å². The van der Waals surface area contributed by atoms with Gasteiger partial charge in [-0.15, -0.1) is 0 Å². The maximum absolute atomic E-state index is 12.9. The minimum absolute atomic E-state index is 0.392. The van der Waals surface area contributed by atoms with Crippen molar-refractivity contribution < 1.29 is 18.2 Å². The van der Waals surface area contributed by atoms with E-state index in [1.54, 1.807) is 11.8 Å². The molecule has 1 aromatic heterocycles. The Bertz CT molecular complexity index is 1140. The smallest absolute Gasteiger partial charge is 0.330 e. The zero-order valence-corrected chi connectivity index (χ0v) is 21.5. The Hall–Kier alpha value is -2.37. The van der Waals surface area contributed by atoms with Gasteiger partial charge in [0.15, 0.2) is 18.9 Å². The molecule has 0 atom stereocenters. The molecule has 7 heteroatoms. The number of anilines is 1. The summed E-state index contributed by atoms with van der Waals surface area (Å²) in [6, 6.07) is 23.2. The predicted molar refractivity (Wildman–Crippen MR) is 140 cm³/mol. The van der Waals surface area contributed by atoms with Crippen molar-refractivity contribution in [2.24, 2.45) is 0 Å². The molecule has 0 amide bonds. The molecule has 0 bridgehead atoms. The molecule has 0 saturated heterocycles. The zero-order chi connectivity index (χ0) is 23.8. The molecule has 0 spiro atoms. The Balaban J connectivity index is 1.48. The number of thioether (sulfide) groups is 1. The number of aromatic nitrogens is 1. The highest BCUT2D eigenvalue weighted by Gasteiger charge is 2.27. The van der Waals surface area contributed by atoms with E-state index in [0.29, 0.717) is 19.4 Å². The monoisotopic (exact) mass is 495 g/mol.